The van der Waals surface area contributed by atoms with Gasteiger partial charge < -0.3 is 20.1 Å². The van der Waals surface area contributed by atoms with Gasteiger partial charge in [-0.3, -0.25) is 0 Å². The Morgan fingerprint density at radius 3 is 2.62 bits per heavy atom. The summed E-state index contributed by atoms with van der Waals surface area (Å²) < 4.78 is 5.24. The molecule has 1 aliphatic rings. The third-order valence-corrected chi connectivity index (χ3v) is 4.35. The van der Waals surface area contributed by atoms with Crippen LogP contribution in [0.1, 0.15) is 28.8 Å². The number of ether oxygens (including phenoxy) is 1. The highest BCUT2D eigenvalue weighted by Crippen LogP contribution is 2.19. The quantitative estimate of drug-likeness (QED) is 0.857. The summed E-state index contributed by atoms with van der Waals surface area (Å²) in [7, 11) is 0. The van der Waals surface area contributed by atoms with E-state index < -0.39 is 12.1 Å². The molecule has 7 heteroatoms. The lowest BCUT2D eigenvalue weighted by Gasteiger charge is -2.33. The average molecular weight is 355 g/mol. The number of carboxylic acids is 1. The van der Waals surface area contributed by atoms with Gasteiger partial charge >= 0.3 is 12.1 Å². The highest BCUT2D eigenvalue weighted by molar-refractivity contribution is 5.88. The van der Waals surface area contributed by atoms with Crippen molar-refractivity contribution in [2.75, 3.05) is 18.0 Å². The summed E-state index contributed by atoms with van der Waals surface area (Å²) in [5, 5.41) is 12.0. The minimum Gasteiger partial charge on any atom is -0.478 e. The molecule has 1 aliphatic heterocycles. The van der Waals surface area contributed by atoms with Crippen molar-refractivity contribution >= 4 is 17.9 Å². The Bertz CT molecular complexity index is 758. The van der Waals surface area contributed by atoms with Gasteiger partial charge in [0, 0.05) is 25.3 Å². The molecule has 2 heterocycles. The number of carboxylic acid groups (broad SMARTS) is 1. The number of carbonyl (C=O) groups excluding carboxylic acids is 1. The Morgan fingerprint density at radius 2 is 1.92 bits per heavy atom. The van der Waals surface area contributed by atoms with E-state index in [1.165, 1.54) is 12.3 Å². The fourth-order valence-electron chi connectivity index (χ4n) is 2.91. The topological polar surface area (TPSA) is 91.8 Å². The molecule has 1 fully saturated rings. The highest BCUT2D eigenvalue weighted by Gasteiger charge is 2.22. The first-order chi connectivity index (χ1) is 12.6. The van der Waals surface area contributed by atoms with Gasteiger partial charge in [0.2, 0.25) is 0 Å². The predicted octanol–water partition coefficient (Wildman–Crippen LogP) is 2.68. The van der Waals surface area contributed by atoms with Crippen molar-refractivity contribution in [1.29, 1.82) is 0 Å². The van der Waals surface area contributed by atoms with Crippen molar-refractivity contribution in [3.8, 4) is 0 Å². The zero-order valence-corrected chi connectivity index (χ0v) is 14.3. The first kappa shape index (κ1) is 17.7. The molecule has 0 radical (unpaired) electrons. The molecule has 1 aromatic carbocycles. The van der Waals surface area contributed by atoms with Crippen LogP contribution in [0.2, 0.25) is 0 Å². The SMILES string of the molecule is O=C(NC1CCN(c2cc(C(=O)O)ccn2)CC1)OCc1ccccc1. The van der Waals surface area contributed by atoms with E-state index in [9.17, 15) is 9.59 Å². The molecule has 0 atom stereocenters. The number of rotatable bonds is 5. The van der Waals surface area contributed by atoms with Gasteiger partial charge in [0.15, 0.2) is 0 Å². The van der Waals surface area contributed by atoms with E-state index in [2.05, 4.69) is 10.3 Å². The first-order valence-electron chi connectivity index (χ1n) is 8.53. The second-order valence-corrected chi connectivity index (χ2v) is 6.18. The van der Waals surface area contributed by atoms with Crippen molar-refractivity contribution in [1.82, 2.24) is 10.3 Å². The van der Waals surface area contributed by atoms with Gasteiger partial charge in [-0.25, -0.2) is 14.6 Å². The van der Waals surface area contributed by atoms with Crippen LogP contribution in [0.4, 0.5) is 10.6 Å². The number of hydrogen-bond acceptors (Lipinski definition) is 5. The van der Waals surface area contributed by atoms with Crippen LogP contribution in [-0.2, 0) is 11.3 Å². The number of piperidine rings is 1. The molecule has 0 saturated carbocycles. The van der Waals surface area contributed by atoms with Crippen LogP contribution < -0.4 is 10.2 Å². The van der Waals surface area contributed by atoms with Gasteiger partial charge in [0.1, 0.15) is 12.4 Å². The summed E-state index contributed by atoms with van der Waals surface area (Å²) in [6.45, 7) is 1.64. The molecule has 0 spiro atoms. The number of pyridine rings is 1. The third-order valence-electron chi connectivity index (χ3n) is 4.35. The summed E-state index contributed by atoms with van der Waals surface area (Å²) >= 11 is 0. The lowest BCUT2D eigenvalue weighted by Crippen LogP contribution is -2.45. The van der Waals surface area contributed by atoms with Crippen molar-refractivity contribution in [2.45, 2.75) is 25.5 Å². The number of alkyl carbamates (subject to hydrolysis) is 1. The Morgan fingerprint density at radius 1 is 1.19 bits per heavy atom. The van der Waals surface area contributed by atoms with Gasteiger partial charge in [-0.05, 0) is 30.5 Å². The van der Waals surface area contributed by atoms with Gasteiger partial charge in [0.05, 0.1) is 5.56 Å². The van der Waals surface area contributed by atoms with Gasteiger partial charge in [-0.15, -0.1) is 0 Å². The number of anilines is 1. The molecule has 26 heavy (non-hydrogen) atoms. The van der Waals surface area contributed by atoms with Crippen LogP contribution in [0.5, 0.6) is 0 Å². The smallest absolute Gasteiger partial charge is 0.407 e. The van der Waals surface area contributed by atoms with E-state index in [0.29, 0.717) is 18.9 Å². The average Bonchev–Trinajstić information content (AvgIpc) is 2.68. The molecule has 0 bridgehead atoms. The molecular weight excluding hydrogens is 334 g/mol. The molecule has 2 aromatic rings. The predicted molar refractivity (Wildman–Crippen MR) is 96.2 cm³/mol. The van der Waals surface area contributed by atoms with E-state index in [1.54, 1.807) is 6.07 Å². The number of benzene rings is 1. The number of carbonyl (C=O) groups is 2. The van der Waals surface area contributed by atoms with Crippen molar-refractivity contribution in [2.24, 2.45) is 0 Å². The van der Waals surface area contributed by atoms with Crippen LogP contribution in [0.3, 0.4) is 0 Å². The second-order valence-electron chi connectivity index (χ2n) is 6.18. The molecule has 0 unspecified atom stereocenters. The number of nitrogens with one attached hydrogen (secondary N) is 1. The molecule has 1 amide bonds. The highest BCUT2D eigenvalue weighted by atomic mass is 16.5. The van der Waals surface area contributed by atoms with E-state index in [-0.39, 0.29) is 18.2 Å². The zero-order valence-electron chi connectivity index (χ0n) is 14.3. The van der Waals surface area contributed by atoms with Gasteiger partial charge in [0.25, 0.3) is 0 Å². The van der Waals surface area contributed by atoms with Crippen LogP contribution in [-0.4, -0.2) is 41.3 Å². The number of amides is 1. The van der Waals surface area contributed by atoms with Crippen LogP contribution in [0, 0.1) is 0 Å². The maximum absolute atomic E-state index is 11.9. The minimum atomic E-state index is -0.966. The number of nitrogens with zero attached hydrogens (tertiary/aromatic N) is 2. The first-order valence-corrected chi connectivity index (χ1v) is 8.53. The molecule has 3 rings (SSSR count). The van der Waals surface area contributed by atoms with Crippen molar-refractivity contribution in [3.63, 3.8) is 0 Å². The maximum atomic E-state index is 11.9. The molecule has 2 N–H and O–H groups in total. The zero-order chi connectivity index (χ0) is 18.4. The lowest BCUT2D eigenvalue weighted by atomic mass is 10.1. The maximum Gasteiger partial charge on any atom is 0.407 e. The number of aromatic carboxylic acids is 1. The molecular formula is C19H21N3O4. The van der Waals surface area contributed by atoms with E-state index in [1.807, 2.05) is 35.2 Å². The van der Waals surface area contributed by atoms with E-state index in [0.717, 1.165) is 18.4 Å². The van der Waals surface area contributed by atoms with Gasteiger partial charge in [-0.1, -0.05) is 30.3 Å². The standard InChI is InChI=1S/C19H21N3O4/c23-18(24)15-6-9-20-17(12-15)22-10-7-16(8-11-22)21-19(25)26-13-14-4-2-1-3-5-14/h1-6,9,12,16H,7-8,10-11,13H2,(H,21,25)(H,23,24). The Balaban J connectivity index is 1.45. The van der Waals surface area contributed by atoms with Crippen LogP contribution in [0.15, 0.2) is 48.7 Å². The number of aromatic nitrogens is 1. The van der Waals surface area contributed by atoms with Crippen LogP contribution >= 0.6 is 0 Å². The van der Waals surface area contributed by atoms with Crippen LogP contribution in [0.25, 0.3) is 0 Å². The third kappa shape index (κ3) is 4.72. The normalized spacial score (nSPS) is 14.7. The molecule has 7 nitrogen and oxygen atoms in total. The summed E-state index contributed by atoms with van der Waals surface area (Å²) in [5.41, 5.74) is 1.17. The largest absolute Gasteiger partial charge is 0.478 e. The second kappa shape index (κ2) is 8.33. The minimum absolute atomic E-state index is 0.0391. The molecule has 1 saturated heterocycles. The van der Waals surface area contributed by atoms with E-state index >= 15 is 0 Å². The van der Waals surface area contributed by atoms with Crippen molar-refractivity contribution < 1.29 is 19.4 Å². The summed E-state index contributed by atoms with van der Waals surface area (Å²) in [6.07, 6.45) is 2.58. The molecule has 1 aromatic heterocycles. The summed E-state index contributed by atoms with van der Waals surface area (Å²) in [6, 6.07) is 12.6. The summed E-state index contributed by atoms with van der Waals surface area (Å²) in [4.78, 5) is 29.3. The lowest BCUT2D eigenvalue weighted by molar-refractivity contribution is 0.0696. The Hall–Kier alpha value is -3.09. The Labute approximate surface area is 151 Å². The monoisotopic (exact) mass is 355 g/mol. The summed E-state index contributed by atoms with van der Waals surface area (Å²) in [5.74, 6) is -0.318. The number of hydrogen-bond donors (Lipinski definition) is 2. The fourth-order valence-corrected chi connectivity index (χ4v) is 2.91. The Kier molecular flexibility index (Phi) is 5.68. The fraction of sp³-hybridized carbons (Fsp3) is 0.316. The molecule has 0 aliphatic carbocycles. The van der Waals surface area contributed by atoms with Crippen molar-refractivity contribution in [3.05, 3.63) is 59.8 Å². The van der Waals surface area contributed by atoms with E-state index in [4.69, 9.17) is 9.84 Å². The van der Waals surface area contributed by atoms with Gasteiger partial charge in [-0.2, -0.15) is 0 Å². The molecule has 136 valence electrons.